The molecule has 0 aliphatic heterocycles. The molecule has 0 fully saturated rings. The molecule has 3 nitrogen and oxygen atoms in total. The first-order valence-corrected chi connectivity index (χ1v) is 9.83. The molecule has 23 heavy (non-hydrogen) atoms. The van der Waals surface area contributed by atoms with Crippen molar-refractivity contribution in [3.63, 3.8) is 0 Å². The Morgan fingerprint density at radius 2 is 1.30 bits per heavy atom. The summed E-state index contributed by atoms with van der Waals surface area (Å²) in [7, 11) is -1.67. The van der Waals surface area contributed by atoms with Crippen LogP contribution in [0, 0.1) is 11.8 Å². The molecule has 1 aromatic rings. The topological polar surface area (TPSA) is 32.7 Å². The summed E-state index contributed by atoms with van der Waals surface area (Å²) in [6.45, 7) is 17.1. The molecular formula is C19H34NO2P. The molecule has 1 unspecified atom stereocenters. The molecule has 0 heterocycles. The molecule has 1 N–H and O–H groups in total. The molecule has 1 aromatic carbocycles. The van der Waals surface area contributed by atoms with Gasteiger partial charge in [-0.15, -0.1) is 0 Å². The van der Waals surface area contributed by atoms with Crippen LogP contribution in [0.4, 0.5) is 0 Å². The zero-order valence-electron chi connectivity index (χ0n) is 15.9. The fraction of sp³-hybridized carbons (Fsp3) is 0.684. The monoisotopic (exact) mass is 339 g/mol. The van der Waals surface area contributed by atoms with Crippen LogP contribution >= 0.6 is 8.53 Å². The van der Waals surface area contributed by atoms with E-state index in [1.165, 1.54) is 0 Å². The van der Waals surface area contributed by atoms with E-state index in [0.29, 0.717) is 0 Å². The standard InChI is InChI=1S/C19H34NO2P/c1-14(2)19(15(3)4,18-12-10-9-11-13-18)22-23(21)20(16(5)6)17(7)8/h9-17,21H,1-8H3. The average molecular weight is 339 g/mol. The van der Waals surface area contributed by atoms with Crippen LogP contribution in [0.2, 0.25) is 0 Å². The lowest BCUT2D eigenvalue weighted by Gasteiger charge is -2.45. The van der Waals surface area contributed by atoms with Gasteiger partial charge in [0.05, 0.1) is 0 Å². The van der Waals surface area contributed by atoms with E-state index >= 15 is 0 Å². The van der Waals surface area contributed by atoms with Gasteiger partial charge >= 0.3 is 0 Å². The van der Waals surface area contributed by atoms with E-state index in [1.54, 1.807) is 0 Å². The third kappa shape index (κ3) is 4.54. The first-order valence-electron chi connectivity index (χ1n) is 8.66. The highest BCUT2D eigenvalue weighted by molar-refractivity contribution is 7.43. The molecule has 0 aliphatic rings. The maximum Gasteiger partial charge on any atom is 0.257 e. The van der Waals surface area contributed by atoms with Crippen LogP contribution < -0.4 is 0 Å². The van der Waals surface area contributed by atoms with Gasteiger partial charge in [0.2, 0.25) is 0 Å². The van der Waals surface area contributed by atoms with Crippen molar-refractivity contribution in [3.8, 4) is 0 Å². The molecule has 132 valence electrons. The van der Waals surface area contributed by atoms with Gasteiger partial charge < -0.3 is 9.42 Å². The van der Waals surface area contributed by atoms with Crippen LogP contribution in [0.25, 0.3) is 0 Å². The van der Waals surface area contributed by atoms with Gasteiger partial charge in [-0.05, 0) is 45.1 Å². The molecular weight excluding hydrogens is 305 g/mol. The summed E-state index contributed by atoms with van der Waals surface area (Å²) in [6, 6.07) is 10.8. The highest BCUT2D eigenvalue weighted by Gasteiger charge is 2.44. The maximum atomic E-state index is 10.9. The summed E-state index contributed by atoms with van der Waals surface area (Å²) in [5.74, 6) is 0.506. The van der Waals surface area contributed by atoms with Gasteiger partial charge in [-0.25, -0.2) is 4.67 Å². The molecule has 0 saturated carbocycles. The zero-order chi connectivity index (χ0) is 17.8. The van der Waals surface area contributed by atoms with Crippen molar-refractivity contribution in [2.45, 2.75) is 73.1 Å². The number of benzene rings is 1. The fourth-order valence-electron chi connectivity index (χ4n) is 3.47. The van der Waals surface area contributed by atoms with Crippen LogP contribution in [0.5, 0.6) is 0 Å². The Balaban J connectivity index is 3.26. The van der Waals surface area contributed by atoms with Crippen LogP contribution in [0.15, 0.2) is 30.3 Å². The molecule has 1 atom stereocenters. The predicted molar refractivity (Wildman–Crippen MR) is 100 cm³/mol. The van der Waals surface area contributed by atoms with Gasteiger partial charge in [-0.2, -0.15) is 0 Å². The van der Waals surface area contributed by atoms with Crippen molar-refractivity contribution in [1.29, 1.82) is 0 Å². The second-order valence-electron chi connectivity index (χ2n) is 7.38. The normalized spacial score (nSPS) is 14.5. The van der Waals surface area contributed by atoms with Gasteiger partial charge in [0.25, 0.3) is 8.53 Å². The molecule has 0 spiro atoms. The number of rotatable bonds is 8. The third-order valence-electron chi connectivity index (χ3n) is 4.43. The minimum Gasteiger partial charge on any atom is -0.338 e. The Bertz CT molecular complexity index is 444. The predicted octanol–water partition coefficient (Wildman–Crippen LogP) is 5.55. The Morgan fingerprint density at radius 1 is 0.870 bits per heavy atom. The van der Waals surface area contributed by atoms with Crippen LogP contribution in [0.3, 0.4) is 0 Å². The van der Waals surface area contributed by atoms with Gasteiger partial charge in [0.1, 0.15) is 5.60 Å². The number of hydrogen-bond acceptors (Lipinski definition) is 3. The summed E-state index contributed by atoms with van der Waals surface area (Å²) in [4.78, 5) is 10.9. The molecule has 0 amide bonds. The van der Waals surface area contributed by atoms with Crippen LogP contribution in [-0.2, 0) is 10.1 Å². The van der Waals surface area contributed by atoms with E-state index in [-0.39, 0.29) is 23.9 Å². The lowest BCUT2D eigenvalue weighted by Crippen LogP contribution is -2.42. The lowest BCUT2D eigenvalue weighted by atomic mass is 9.75. The van der Waals surface area contributed by atoms with Gasteiger partial charge in [0, 0.05) is 12.1 Å². The van der Waals surface area contributed by atoms with Gasteiger partial charge in [-0.1, -0.05) is 58.0 Å². The first-order chi connectivity index (χ1) is 10.6. The smallest absolute Gasteiger partial charge is 0.257 e. The summed E-state index contributed by atoms with van der Waals surface area (Å²) in [6.07, 6.45) is 0. The molecule has 0 saturated heterocycles. The number of nitrogens with zero attached hydrogens (tertiary/aromatic N) is 1. The van der Waals surface area contributed by atoms with E-state index in [2.05, 4.69) is 72.2 Å². The quantitative estimate of drug-likeness (QED) is 0.630. The molecule has 0 radical (unpaired) electrons. The van der Waals surface area contributed by atoms with Gasteiger partial charge in [0.15, 0.2) is 0 Å². The van der Waals surface area contributed by atoms with Gasteiger partial charge in [-0.3, -0.25) is 0 Å². The average Bonchev–Trinajstić information content (AvgIpc) is 2.44. The minimum atomic E-state index is -1.67. The zero-order valence-corrected chi connectivity index (χ0v) is 16.8. The van der Waals surface area contributed by atoms with Crippen LogP contribution in [0.1, 0.15) is 61.0 Å². The minimum absolute atomic E-state index is 0.235. The van der Waals surface area contributed by atoms with Crippen molar-refractivity contribution in [1.82, 2.24) is 4.67 Å². The van der Waals surface area contributed by atoms with E-state index in [4.69, 9.17) is 4.52 Å². The van der Waals surface area contributed by atoms with E-state index in [1.807, 2.05) is 18.2 Å². The maximum absolute atomic E-state index is 10.9. The molecule has 4 heteroatoms. The van der Waals surface area contributed by atoms with E-state index in [0.717, 1.165) is 5.56 Å². The Labute approximate surface area is 144 Å². The third-order valence-corrected chi connectivity index (χ3v) is 6.21. The molecule has 0 aliphatic carbocycles. The fourth-order valence-corrected chi connectivity index (χ4v) is 5.15. The Kier molecular flexibility index (Phi) is 7.67. The van der Waals surface area contributed by atoms with Crippen molar-refractivity contribution in [2.75, 3.05) is 0 Å². The lowest BCUT2D eigenvalue weighted by molar-refractivity contribution is -0.0354. The summed E-state index contributed by atoms with van der Waals surface area (Å²) in [5.41, 5.74) is 0.642. The van der Waals surface area contributed by atoms with Crippen LogP contribution in [-0.4, -0.2) is 21.6 Å². The second-order valence-corrected chi connectivity index (χ2v) is 8.53. The first kappa shape index (κ1) is 20.6. The second kappa shape index (κ2) is 8.58. The Morgan fingerprint density at radius 3 is 1.65 bits per heavy atom. The van der Waals surface area contributed by atoms with Crippen molar-refractivity contribution >= 4 is 8.53 Å². The van der Waals surface area contributed by atoms with Crippen molar-refractivity contribution in [2.24, 2.45) is 11.8 Å². The van der Waals surface area contributed by atoms with Crippen molar-refractivity contribution in [3.05, 3.63) is 35.9 Å². The van der Waals surface area contributed by atoms with E-state index < -0.39 is 14.1 Å². The molecule has 0 aromatic heterocycles. The summed E-state index contributed by atoms with van der Waals surface area (Å²) >= 11 is 0. The largest absolute Gasteiger partial charge is 0.338 e. The molecule has 0 bridgehead atoms. The van der Waals surface area contributed by atoms with E-state index in [9.17, 15) is 4.89 Å². The summed E-state index contributed by atoms with van der Waals surface area (Å²) in [5, 5.41) is 0. The Hall–Kier alpha value is -0.470. The SMILES string of the molecule is CC(C)N(C(C)C)P(O)OC(c1ccccc1)(C(C)C)C(C)C. The molecule has 1 rings (SSSR count). The van der Waals surface area contributed by atoms with Crippen molar-refractivity contribution < 1.29 is 9.42 Å². The highest BCUT2D eigenvalue weighted by Crippen LogP contribution is 2.53. The number of hydrogen-bond donors (Lipinski definition) is 1. The highest BCUT2D eigenvalue weighted by atomic mass is 31.2. The summed E-state index contributed by atoms with van der Waals surface area (Å²) < 4.78 is 8.55.